The second-order valence-electron chi connectivity index (χ2n) is 11.5. The van der Waals surface area contributed by atoms with Crippen molar-refractivity contribution in [2.45, 2.75) is 38.8 Å². The lowest BCUT2D eigenvalue weighted by Crippen LogP contribution is -2.55. The molecule has 7 nitrogen and oxygen atoms in total. The number of piperidine rings is 1. The molecule has 0 radical (unpaired) electrons. The van der Waals surface area contributed by atoms with Crippen molar-refractivity contribution in [1.82, 2.24) is 14.7 Å². The number of likely N-dealkylation sites (tertiary alicyclic amines) is 1. The fraction of sp³-hybridized carbons (Fsp3) is 0.441. The average molecular weight is 609 g/mol. The number of rotatable bonds is 10. The van der Waals surface area contributed by atoms with E-state index < -0.39 is 6.04 Å². The van der Waals surface area contributed by atoms with Crippen molar-refractivity contribution >= 4 is 17.5 Å². The van der Waals surface area contributed by atoms with Gasteiger partial charge in [0.15, 0.2) is 0 Å². The molecule has 2 fully saturated rings. The van der Waals surface area contributed by atoms with Crippen molar-refractivity contribution in [3.8, 4) is 22.6 Å². The van der Waals surface area contributed by atoms with Crippen LogP contribution in [0.2, 0.25) is 5.02 Å². The Morgan fingerprint density at radius 2 is 1.74 bits per heavy atom. The minimum Gasteiger partial charge on any atom is -0.507 e. The van der Waals surface area contributed by atoms with Gasteiger partial charge in [-0.15, -0.1) is 0 Å². The fourth-order valence-electron chi connectivity index (χ4n) is 6.29. The van der Waals surface area contributed by atoms with E-state index in [9.17, 15) is 14.3 Å². The number of carbonyl (C=O) groups excluding carboxylic acids is 1. The number of amides is 1. The summed E-state index contributed by atoms with van der Waals surface area (Å²) in [6.45, 7) is 7.98. The van der Waals surface area contributed by atoms with Crippen LogP contribution in [0.3, 0.4) is 0 Å². The number of hydrogen-bond donors (Lipinski definition) is 2. The lowest BCUT2D eigenvalue weighted by Gasteiger charge is -2.39. The summed E-state index contributed by atoms with van der Waals surface area (Å²) in [4.78, 5) is 19.8. The number of halogens is 2. The first-order valence-electron chi connectivity index (χ1n) is 15.3. The van der Waals surface area contributed by atoms with E-state index in [2.05, 4.69) is 9.80 Å². The van der Waals surface area contributed by atoms with E-state index in [1.54, 1.807) is 18.2 Å². The van der Waals surface area contributed by atoms with E-state index in [-0.39, 0.29) is 23.4 Å². The highest BCUT2D eigenvalue weighted by Gasteiger charge is 2.33. The molecule has 1 unspecified atom stereocenters. The SMILES string of the molecule is CCOc1cccc(F)c1CN1CCN(C(=O)C(N)C2CCN(CCc3cc(Cl)ccc3-c3ccccc3O)CC2)CC1. The first-order chi connectivity index (χ1) is 20.8. The number of nitrogens with zero attached hydrogens (tertiary/aromatic N) is 3. The molecule has 0 saturated carbocycles. The maximum Gasteiger partial charge on any atom is 0.239 e. The third-order valence-corrected chi connectivity index (χ3v) is 9.06. The van der Waals surface area contributed by atoms with E-state index in [0.717, 1.165) is 55.6 Å². The summed E-state index contributed by atoms with van der Waals surface area (Å²) in [5.74, 6) is 0.745. The van der Waals surface area contributed by atoms with Gasteiger partial charge in [-0.2, -0.15) is 0 Å². The zero-order valence-electron chi connectivity index (χ0n) is 24.9. The molecular weight excluding hydrogens is 567 g/mol. The number of nitrogens with two attached hydrogens (primary N) is 1. The van der Waals surface area contributed by atoms with Gasteiger partial charge in [-0.1, -0.05) is 41.9 Å². The van der Waals surface area contributed by atoms with Gasteiger partial charge in [0.1, 0.15) is 17.3 Å². The van der Waals surface area contributed by atoms with Crippen molar-refractivity contribution in [3.63, 3.8) is 0 Å². The van der Waals surface area contributed by atoms with Crippen LogP contribution in [0, 0.1) is 11.7 Å². The lowest BCUT2D eigenvalue weighted by atomic mass is 9.88. The highest BCUT2D eigenvalue weighted by atomic mass is 35.5. The van der Waals surface area contributed by atoms with Crippen LogP contribution in [0.1, 0.15) is 30.9 Å². The first-order valence-corrected chi connectivity index (χ1v) is 15.7. The number of benzene rings is 3. The molecule has 1 atom stereocenters. The molecule has 3 aromatic rings. The van der Waals surface area contributed by atoms with Crippen molar-refractivity contribution in [3.05, 3.63) is 82.6 Å². The molecule has 0 aliphatic carbocycles. The molecule has 2 aliphatic heterocycles. The van der Waals surface area contributed by atoms with Crippen molar-refractivity contribution in [1.29, 1.82) is 0 Å². The summed E-state index contributed by atoms with van der Waals surface area (Å²) < 4.78 is 20.1. The highest BCUT2D eigenvalue weighted by Crippen LogP contribution is 2.33. The van der Waals surface area contributed by atoms with Crippen molar-refractivity contribution in [2.75, 3.05) is 52.4 Å². The summed E-state index contributed by atoms with van der Waals surface area (Å²) >= 11 is 6.33. The van der Waals surface area contributed by atoms with Gasteiger partial charge in [0.2, 0.25) is 5.91 Å². The van der Waals surface area contributed by atoms with E-state index in [1.807, 2.05) is 48.2 Å². The fourth-order valence-corrected chi connectivity index (χ4v) is 6.49. The van der Waals surface area contributed by atoms with Crippen LogP contribution >= 0.6 is 11.6 Å². The Balaban J connectivity index is 1.09. The number of aromatic hydroxyl groups is 1. The van der Waals surface area contributed by atoms with Crippen LogP contribution in [0.5, 0.6) is 11.5 Å². The normalized spacial score (nSPS) is 17.6. The van der Waals surface area contributed by atoms with Crippen LogP contribution in [0.15, 0.2) is 60.7 Å². The average Bonchev–Trinajstić information content (AvgIpc) is 3.02. The van der Waals surface area contributed by atoms with Crippen molar-refractivity contribution in [2.24, 2.45) is 11.7 Å². The van der Waals surface area contributed by atoms with Gasteiger partial charge >= 0.3 is 0 Å². The number of hydrogen-bond acceptors (Lipinski definition) is 6. The van der Waals surface area contributed by atoms with Crippen LogP contribution in [-0.2, 0) is 17.8 Å². The molecule has 5 rings (SSSR count). The second kappa shape index (κ2) is 14.5. The predicted molar refractivity (Wildman–Crippen MR) is 169 cm³/mol. The molecule has 0 spiro atoms. The Morgan fingerprint density at radius 1 is 1.00 bits per heavy atom. The van der Waals surface area contributed by atoms with Crippen LogP contribution in [0.4, 0.5) is 4.39 Å². The molecule has 2 aliphatic rings. The van der Waals surface area contributed by atoms with Gasteiger partial charge < -0.3 is 25.4 Å². The van der Waals surface area contributed by atoms with E-state index in [4.69, 9.17) is 22.1 Å². The molecule has 230 valence electrons. The molecule has 2 saturated heterocycles. The molecule has 3 aromatic carbocycles. The van der Waals surface area contributed by atoms with E-state index >= 15 is 0 Å². The largest absolute Gasteiger partial charge is 0.507 e. The monoisotopic (exact) mass is 608 g/mol. The maximum absolute atomic E-state index is 14.5. The zero-order chi connectivity index (χ0) is 30.3. The minimum atomic E-state index is -0.509. The Labute approximate surface area is 259 Å². The van der Waals surface area contributed by atoms with Crippen LogP contribution in [-0.4, -0.2) is 84.2 Å². The minimum absolute atomic E-state index is 0.0187. The molecule has 9 heteroatoms. The van der Waals surface area contributed by atoms with Gasteiger partial charge in [-0.05, 0) is 86.7 Å². The number of ether oxygens (including phenoxy) is 1. The summed E-state index contributed by atoms with van der Waals surface area (Å²) in [6, 6.07) is 17.6. The third kappa shape index (κ3) is 7.68. The Morgan fingerprint density at radius 3 is 2.47 bits per heavy atom. The van der Waals surface area contributed by atoms with Gasteiger partial charge in [0.05, 0.1) is 12.6 Å². The summed E-state index contributed by atoms with van der Waals surface area (Å²) in [6.07, 6.45) is 2.56. The smallest absolute Gasteiger partial charge is 0.239 e. The first kappa shape index (κ1) is 31.3. The number of phenols is 1. The summed E-state index contributed by atoms with van der Waals surface area (Å²) in [5, 5.41) is 11.1. The standard InChI is InChI=1S/C34H42ClFN4O3/c1-2-43-32-9-5-7-30(36)29(32)23-39-18-20-40(21-19-39)34(42)33(37)24-12-15-38(16-13-24)17-14-25-22-26(35)10-11-27(25)28-6-3-4-8-31(28)41/h3-11,22,24,33,41H,2,12-21,23,37H2,1H3. The topological polar surface area (TPSA) is 82.3 Å². The Bertz CT molecular complexity index is 1390. The lowest BCUT2D eigenvalue weighted by molar-refractivity contribution is -0.136. The van der Waals surface area contributed by atoms with Crippen molar-refractivity contribution < 1.29 is 19.0 Å². The number of carbonyl (C=O) groups is 1. The van der Waals surface area contributed by atoms with E-state index in [0.29, 0.717) is 55.7 Å². The Kier molecular flexibility index (Phi) is 10.6. The maximum atomic E-state index is 14.5. The number of piperazine rings is 1. The van der Waals surface area contributed by atoms with Gasteiger partial charge in [-0.3, -0.25) is 9.69 Å². The van der Waals surface area contributed by atoms with Crippen LogP contribution in [0.25, 0.3) is 11.1 Å². The second-order valence-corrected chi connectivity index (χ2v) is 12.0. The van der Waals surface area contributed by atoms with Gasteiger partial charge in [-0.25, -0.2) is 4.39 Å². The number of phenolic OH excluding ortho intramolecular Hbond substituents is 1. The summed E-state index contributed by atoms with van der Waals surface area (Å²) in [5.41, 5.74) is 10.0. The van der Waals surface area contributed by atoms with E-state index in [1.165, 1.54) is 6.07 Å². The molecule has 0 aromatic heterocycles. The van der Waals surface area contributed by atoms with Crippen LogP contribution < -0.4 is 10.5 Å². The molecule has 1 amide bonds. The molecule has 3 N–H and O–H groups in total. The Hall–Kier alpha value is -3.17. The molecule has 43 heavy (non-hydrogen) atoms. The quantitative estimate of drug-likeness (QED) is 0.330. The zero-order valence-corrected chi connectivity index (χ0v) is 25.6. The highest BCUT2D eigenvalue weighted by molar-refractivity contribution is 6.30. The van der Waals surface area contributed by atoms with Gasteiger partial charge in [0, 0.05) is 55.4 Å². The molecule has 2 heterocycles. The van der Waals surface area contributed by atoms with Gasteiger partial charge in [0.25, 0.3) is 0 Å². The summed E-state index contributed by atoms with van der Waals surface area (Å²) in [7, 11) is 0. The predicted octanol–water partition coefficient (Wildman–Crippen LogP) is 5.18. The molecule has 0 bridgehead atoms. The number of para-hydroxylation sites is 1. The molecular formula is C34H42ClFN4O3. The third-order valence-electron chi connectivity index (χ3n) is 8.83.